The van der Waals surface area contributed by atoms with E-state index in [1.807, 2.05) is 0 Å². The Morgan fingerprint density at radius 1 is 1.17 bits per heavy atom. The van der Waals surface area contributed by atoms with E-state index in [2.05, 4.69) is 18.8 Å². The van der Waals surface area contributed by atoms with Gasteiger partial charge in [0.2, 0.25) is 0 Å². The van der Waals surface area contributed by atoms with Crippen molar-refractivity contribution in [1.82, 2.24) is 9.88 Å². The van der Waals surface area contributed by atoms with Crippen molar-refractivity contribution >= 4 is 23.4 Å². The molecule has 1 aromatic carbocycles. The highest BCUT2D eigenvalue weighted by Crippen LogP contribution is 2.41. The average molecular weight is 485 g/mol. The summed E-state index contributed by atoms with van der Waals surface area (Å²) >= 11 is 0. The first-order valence-corrected chi connectivity index (χ1v) is 11.7. The van der Waals surface area contributed by atoms with Gasteiger partial charge in [-0.2, -0.15) is 0 Å². The molecule has 1 saturated heterocycles. The van der Waals surface area contributed by atoms with Gasteiger partial charge in [0.15, 0.2) is 0 Å². The van der Waals surface area contributed by atoms with E-state index in [0.717, 1.165) is 13.1 Å². The van der Waals surface area contributed by atoms with E-state index in [9.17, 15) is 19.5 Å². The molecule has 1 amide bonds. The van der Waals surface area contributed by atoms with Crippen LogP contribution in [-0.2, 0) is 14.3 Å². The number of aliphatic hydroxyl groups excluding tert-OH is 1. The van der Waals surface area contributed by atoms with Crippen LogP contribution in [-0.4, -0.2) is 73.0 Å². The van der Waals surface area contributed by atoms with E-state index < -0.39 is 23.7 Å². The van der Waals surface area contributed by atoms with Crippen molar-refractivity contribution in [2.45, 2.75) is 33.7 Å². The Morgan fingerprint density at radius 2 is 1.86 bits per heavy atom. The lowest BCUT2D eigenvalue weighted by Crippen LogP contribution is -3.12. The fourth-order valence-electron chi connectivity index (χ4n) is 4.70. The second-order valence-electron chi connectivity index (χ2n) is 8.59. The Hall–Kier alpha value is -3.59. The molecule has 0 aliphatic carbocycles. The van der Waals surface area contributed by atoms with Crippen molar-refractivity contribution in [1.29, 1.82) is 0 Å². The summed E-state index contributed by atoms with van der Waals surface area (Å²) in [6.07, 6.45) is 0. The van der Waals surface area contributed by atoms with Gasteiger partial charge >= 0.3 is 5.97 Å². The van der Waals surface area contributed by atoms with Crippen molar-refractivity contribution in [3.63, 3.8) is 0 Å². The van der Waals surface area contributed by atoms with Gasteiger partial charge in [-0.3, -0.25) is 9.59 Å². The van der Waals surface area contributed by atoms with Crippen LogP contribution in [0.15, 0.2) is 29.8 Å². The normalized spacial score (nSPS) is 17.3. The lowest BCUT2D eigenvalue weighted by molar-refractivity contribution is -0.895. The van der Waals surface area contributed by atoms with Gasteiger partial charge in [0.05, 0.1) is 52.0 Å². The van der Waals surface area contributed by atoms with Crippen LogP contribution in [0.2, 0.25) is 0 Å². The first kappa shape index (κ1) is 26.0. The SMILES string of the molecule is CC[NH+](CC)CCN1C(=O)C(=O)/C(=C(\O)c2c(C)[nH]c(C(=O)OC)c2C)[C@@H]1c1cccc(OC)c1. The van der Waals surface area contributed by atoms with Crippen LogP contribution in [0, 0.1) is 13.8 Å². The number of aliphatic hydroxyl groups is 1. The van der Waals surface area contributed by atoms with Crippen LogP contribution in [0.3, 0.4) is 0 Å². The molecule has 2 heterocycles. The van der Waals surface area contributed by atoms with E-state index in [1.165, 1.54) is 16.9 Å². The minimum atomic E-state index is -0.796. The molecule has 0 unspecified atom stereocenters. The Morgan fingerprint density at radius 3 is 2.46 bits per heavy atom. The largest absolute Gasteiger partial charge is 0.507 e. The number of rotatable bonds is 9. The van der Waals surface area contributed by atoms with E-state index in [4.69, 9.17) is 9.47 Å². The fraction of sp³-hybridized carbons (Fsp3) is 0.423. The average Bonchev–Trinajstić information content (AvgIpc) is 3.30. The summed E-state index contributed by atoms with van der Waals surface area (Å²) in [6, 6.07) is 6.33. The van der Waals surface area contributed by atoms with E-state index in [1.54, 1.807) is 45.2 Å². The maximum Gasteiger partial charge on any atom is 0.354 e. The lowest BCUT2D eigenvalue weighted by atomic mass is 9.94. The Labute approximate surface area is 205 Å². The highest BCUT2D eigenvalue weighted by molar-refractivity contribution is 6.46. The molecule has 188 valence electrons. The van der Waals surface area contributed by atoms with Crippen LogP contribution in [0.5, 0.6) is 5.75 Å². The van der Waals surface area contributed by atoms with Gasteiger partial charge in [0.1, 0.15) is 17.2 Å². The molecule has 0 bridgehead atoms. The van der Waals surface area contributed by atoms with Gasteiger partial charge in [-0.15, -0.1) is 0 Å². The quantitative estimate of drug-likeness (QED) is 0.216. The van der Waals surface area contributed by atoms with Crippen LogP contribution in [0.4, 0.5) is 0 Å². The number of quaternary nitrogens is 1. The summed E-state index contributed by atoms with van der Waals surface area (Å²) in [7, 11) is 2.81. The molecule has 2 aromatic rings. The number of ether oxygens (including phenoxy) is 2. The number of nitrogens with one attached hydrogen (secondary N) is 2. The highest BCUT2D eigenvalue weighted by atomic mass is 16.5. The number of benzene rings is 1. The Kier molecular flexibility index (Phi) is 8.01. The number of carbonyl (C=O) groups excluding carboxylic acids is 3. The first-order chi connectivity index (χ1) is 16.7. The summed E-state index contributed by atoms with van der Waals surface area (Å²) in [6.45, 7) is 10.3. The number of hydrogen-bond donors (Lipinski definition) is 3. The summed E-state index contributed by atoms with van der Waals surface area (Å²) in [4.78, 5) is 44.5. The Balaban J connectivity index is 2.20. The third-order valence-corrected chi connectivity index (χ3v) is 6.72. The highest BCUT2D eigenvalue weighted by Gasteiger charge is 2.47. The minimum Gasteiger partial charge on any atom is -0.507 e. The first-order valence-electron chi connectivity index (χ1n) is 11.7. The van der Waals surface area contributed by atoms with Crippen LogP contribution < -0.4 is 9.64 Å². The van der Waals surface area contributed by atoms with E-state index >= 15 is 0 Å². The van der Waals surface area contributed by atoms with E-state index in [-0.39, 0.29) is 17.0 Å². The van der Waals surface area contributed by atoms with Crippen LogP contribution in [0.25, 0.3) is 5.76 Å². The molecule has 3 N–H and O–H groups in total. The van der Waals surface area contributed by atoms with Crippen molar-refractivity contribution in [3.05, 3.63) is 57.9 Å². The van der Waals surface area contributed by atoms with Gasteiger partial charge < -0.3 is 29.4 Å². The fourth-order valence-corrected chi connectivity index (χ4v) is 4.70. The number of nitrogens with zero attached hydrogens (tertiary/aromatic N) is 1. The second kappa shape index (κ2) is 10.8. The molecule has 0 spiro atoms. The standard InChI is InChI=1S/C26H33N3O6/c1-7-28(8-2)12-13-29-22(17-10-9-11-18(14-17)34-5)20(24(31)25(29)32)23(30)19-15(3)21(26(33)35-6)27-16(19)4/h9-11,14,22,27,30H,7-8,12-13H2,1-6H3/p+1/b23-20-/t22-/m0/s1. The predicted octanol–water partition coefficient (Wildman–Crippen LogP) is 1.77. The van der Waals surface area contributed by atoms with Crippen molar-refractivity contribution in [3.8, 4) is 5.75 Å². The molecular weight excluding hydrogens is 450 g/mol. The summed E-state index contributed by atoms with van der Waals surface area (Å²) in [5.74, 6) is -1.76. The number of Topliss-reactive ketones (excluding diaryl/α,β-unsaturated/α-hetero) is 1. The number of likely N-dealkylation sites (N-methyl/N-ethyl adjacent to an activating group) is 1. The van der Waals surface area contributed by atoms with Crippen molar-refractivity contribution in [2.24, 2.45) is 0 Å². The summed E-state index contributed by atoms with van der Waals surface area (Å²) < 4.78 is 10.2. The molecule has 3 rings (SSSR count). The molecule has 0 radical (unpaired) electrons. The number of aryl methyl sites for hydroxylation is 1. The van der Waals surface area contributed by atoms with Gasteiger partial charge in [-0.1, -0.05) is 12.1 Å². The smallest absolute Gasteiger partial charge is 0.354 e. The molecule has 35 heavy (non-hydrogen) atoms. The number of aromatic amines is 1. The molecule has 1 aromatic heterocycles. The topological polar surface area (TPSA) is 113 Å². The van der Waals surface area contributed by atoms with Crippen molar-refractivity contribution < 1.29 is 33.9 Å². The third-order valence-electron chi connectivity index (χ3n) is 6.72. The number of aromatic nitrogens is 1. The number of H-pyrrole nitrogens is 1. The zero-order valence-corrected chi connectivity index (χ0v) is 21.2. The zero-order valence-electron chi connectivity index (χ0n) is 21.2. The van der Waals surface area contributed by atoms with Gasteiger partial charge in [-0.25, -0.2) is 4.79 Å². The number of methoxy groups -OCH3 is 2. The van der Waals surface area contributed by atoms with Crippen molar-refractivity contribution in [2.75, 3.05) is 40.4 Å². The zero-order chi connectivity index (χ0) is 25.9. The maximum atomic E-state index is 13.3. The number of hydrogen-bond acceptors (Lipinski definition) is 6. The summed E-state index contributed by atoms with van der Waals surface area (Å²) in [5.41, 5.74) is 2.06. The summed E-state index contributed by atoms with van der Waals surface area (Å²) in [5, 5.41) is 11.5. The molecule has 9 nitrogen and oxygen atoms in total. The number of ketones is 1. The van der Waals surface area contributed by atoms with Crippen LogP contribution in [0.1, 0.15) is 52.8 Å². The molecule has 0 saturated carbocycles. The maximum absolute atomic E-state index is 13.3. The molecule has 1 atom stereocenters. The van der Waals surface area contributed by atoms with E-state index in [0.29, 0.717) is 41.2 Å². The monoisotopic (exact) mass is 484 g/mol. The van der Waals surface area contributed by atoms with Gasteiger partial charge in [0, 0.05) is 11.3 Å². The predicted molar refractivity (Wildman–Crippen MR) is 131 cm³/mol. The number of carbonyl (C=O) groups is 3. The third kappa shape index (κ3) is 4.81. The lowest BCUT2D eigenvalue weighted by Gasteiger charge is -2.27. The molecule has 1 aliphatic rings. The number of esters is 1. The van der Waals surface area contributed by atoms with Crippen LogP contribution >= 0.6 is 0 Å². The van der Waals surface area contributed by atoms with Gasteiger partial charge in [0.25, 0.3) is 11.7 Å². The number of likely N-dealkylation sites (tertiary alicyclic amines) is 1. The minimum absolute atomic E-state index is 0.0144. The molecule has 1 fully saturated rings. The molecule has 1 aliphatic heterocycles. The second-order valence-corrected chi connectivity index (χ2v) is 8.59. The molecular formula is C26H34N3O6+. The molecule has 9 heteroatoms. The number of amides is 1. The Bertz CT molecular complexity index is 1160. The van der Waals surface area contributed by atoms with Gasteiger partial charge in [-0.05, 0) is 51.0 Å².